The number of aliphatic hydroxyl groups excluding tert-OH is 1. The summed E-state index contributed by atoms with van der Waals surface area (Å²) in [4.78, 5) is 0. The predicted octanol–water partition coefficient (Wildman–Crippen LogP) is 2.29. The van der Waals surface area contributed by atoms with Gasteiger partial charge in [-0.25, -0.2) is 0 Å². The molecule has 0 saturated heterocycles. The first-order valence-electron chi connectivity index (χ1n) is 6.66. The average Bonchev–Trinajstić information content (AvgIpc) is 2.38. The van der Waals surface area contributed by atoms with E-state index in [4.69, 9.17) is 9.84 Å². The van der Waals surface area contributed by atoms with Crippen LogP contribution in [0.2, 0.25) is 0 Å². The molecule has 0 atom stereocenters. The number of hydrogen-bond acceptors (Lipinski definition) is 4. The van der Waals surface area contributed by atoms with Gasteiger partial charge in [0.2, 0.25) is 0 Å². The molecular weight excluding hydrogens is 242 g/mol. The summed E-state index contributed by atoms with van der Waals surface area (Å²) < 4.78 is 5.08. The van der Waals surface area contributed by atoms with Gasteiger partial charge in [0.1, 0.15) is 0 Å². The molecule has 1 aromatic rings. The summed E-state index contributed by atoms with van der Waals surface area (Å²) in [5.41, 5.74) is 0.967. The Hall–Kier alpha value is -1.26. The second kappa shape index (κ2) is 7.36. The van der Waals surface area contributed by atoms with Crippen molar-refractivity contribution in [2.75, 3.05) is 20.3 Å². The molecule has 0 aliphatic heterocycles. The van der Waals surface area contributed by atoms with Crippen LogP contribution in [0.3, 0.4) is 0 Å². The molecule has 0 fully saturated rings. The van der Waals surface area contributed by atoms with Crippen molar-refractivity contribution in [2.24, 2.45) is 5.41 Å². The van der Waals surface area contributed by atoms with E-state index >= 15 is 0 Å². The summed E-state index contributed by atoms with van der Waals surface area (Å²) in [6, 6.07) is 5.49. The van der Waals surface area contributed by atoms with Gasteiger partial charge in [-0.1, -0.05) is 26.0 Å². The lowest BCUT2D eigenvalue weighted by molar-refractivity contribution is 0.236. The topological polar surface area (TPSA) is 61.7 Å². The maximum atomic E-state index is 9.96. The lowest BCUT2D eigenvalue weighted by atomic mass is 9.88. The summed E-state index contributed by atoms with van der Waals surface area (Å²) in [6.07, 6.45) is 1.79. The molecule has 0 bridgehead atoms. The van der Waals surface area contributed by atoms with Crippen LogP contribution in [0.15, 0.2) is 18.2 Å². The maximum absolute atomic E-state index is 9.96. The number of phenols is 1. The highest BCUT2D eigenvalue weighted by molar-refractivity contribution is 5.45. The molecule has 1 rings (SSSR count). The molecule has 0 aliphatic carbocycles. The molecule has 0 aromatic heterocycles. The smallest absolute Gasteiger partial charge is 0.162 e. The van der Waals surface area contributed by atoms with Gasteiger partial charge < -0.3 is 20.3 Å². The lowest BCUT2D eigenvalue weighted by Crippen LogP contribution is -2.29. The number of aliphatic hydroxyl groups is 1. The van der Waals surface area contributed by atoms with Crippen LogP contribution in [0.5, 0.6) is 11.5 Å². The summed E-state index contributed by atoms with van der Waals surface area (Å²) in [7, 11) is 1.55. The van der Waals surface area contributed by atoms with Crippen LogP contribution in [-0.2, 0) is 6.54 Å². The third kappa shape index (κ3) is 5.09. The number of rotatable bonds is 8. The zero-order valence-corrected chi connectivity index (χ0v) is 12.1. The highest BCUT2D eigenvalue weighted by atomic mass is 16.5. The minimum absolute atomic E-state index is 0.136. The van der Waals surface area contributed by atoms with Gasteiger partial charge in [0.25, 0.3) is 0 Å². The number of benzene rings is 1. The van der Waals surface area contributed by atoms with Crippen LogP contribution >= 0.6 is 0 Å². The summed E-state index contributed by atoms with van der Waals surface area (Å²) in [6.45, 7) is 6.01. The van der Waals surface area contributed by atoms with Gasteiger partial charge in [0.15, 0.2) is 11.5 Å². The van der Waals surface area contributed by atoms with Crippen molar-refractivity contribution in [1.29, 1.82) is 0 Å². The van der Waals surface area contributed by atoms with E-state index in [9.17, 15) is 5.11 Å². The molecule has 108 valence electrons. The number of nitrogens with one attached hydrogen (secondary N) is 1. The molecule has 0 aliphatic rings. The summed E-state index contributed by atoms with van der Waals surface area (Å²) in [5.74, 6) is 0.699. The minimum atomic E-state index is 0.136. The third-order valence-corrected chi connectivity index (χ3v) is 3.23. The van der Waals surface area contributed by atoms with Gasteiger partial charge in [-0.05, 0) is 24.3 Å². The Morgan fingerprint density at radius 3 is 2.68 bits per heavy atom. The van der Waals surface area contributed by atoms with E-state index in [-0.39, 0.29) is 17.8 Å². The fourth-order valence-corrected chi connectivity index (χ4v) is 2.06. The van der Waals surface area contributed by atoms with E-state index in [1.165, 1.54) is 0 Å². The second-order valence-corrected chi connectivity index (χ2v) is 5.56. The fraction of sp³-hybridized carbons (Fsp3) is 0.600. The normalized spacial score (nSPS) is 11.6. The minimum Gasteiger partial charge on any atom is -0.504 e. The van der Waals surface area contributed by atoms with Crippen molar-refractivity contribution in [1.82, 2.24) is 5.32 Å². The van der Waals surface area contributed by atoms with Crippen LogP contribution in [0, 0.1) is 5.41 Å². The van der Waals surface area contributed by atoms with Crippen molar-refractivity contribution in [3.05, 3.63) is 23.8 Å². The molecule has 19 heavy (non-hydrogen) atoms. The molecular formula is C15H25NO3. The highest BCUT2D eigenvalue weighted by Crippen LogP contribution is 2.29. The van der Waals surface area contributed by atoms with Crippen molar-refractivity contribution < 1.29 is 14.9 Å². The SMILES string of the molecule is COc1cccc(CNCC(C)(C)CCCO)c1O. The zero-order chi connectivity index (χ0) is 14.3. The lowest BCUT2D eigenvalue weighted by Gasteiger charge is -2.25. The number of hydrogen-bond donors (Lipinski definition) is 3. The van der Waals surface area contributed by atoms with Gasteiger partial charge >= 0.3 is 0 Å². The molecule has 3 N–H and O–H groups in total. The number of phenolic OH excluding ortho intramolecular Hbond substituents is 1. The Labute approximate surface area is 115 Å². The molecule has 0 spiro atoms. The van der Waals surface area contributed by atoms with Crippen molar-refractivity contribution in [3.8, 4) is 11.5 Å². The van der Waals surface area contributed by atoms with Gasteiger partial charge in [0, 0.05) is 25.3 Å². The first kappa shape index (κ1) is 15.8. The standard InChI is InChI=1S/C15H25NO3/c1-15(2,8-5-9-17)11-16-10-12-6-4-7-13(19-3)14(12)18/h4,6-7,16-18H,5,8-11H2,1-3H3. The monoisotopic (exact) mass is 267 g/mol. The summed E-state index contributed by atoms with van der Waals surface area (Å²) in [5, 5.41) is 22.2. The Kier molecular flexibility index (Phi) is 6.12. The van der Waals surface area contributed by atoms with Crippen molar-refractivity contribution in [3.63, 3.8) is 0 Å². The number of ether oxygens (including phenoxy) is 1. The van der Waals surface area contributed by atoms with Crippen molar-refractivity contribution in [2.45, 2.75) is 33.2 Å². The highest BCUT2D eigenvalue weighted by Gasteiger charge is 2.17. The van der Waals surface area contributed by atoms with Gasteiger partial charge in [-0.2, -0.15) is 0 Å². The Balaban J connectivity index is 2.49. The number of para-hydroxylation sites is 1. The maximum Gasteiger partial charge on any atom is 0.162 e. The van der Waals surface area contributed by atoms with E-state index in [1.54, 1.807) is 13.2 Å². The van der Waals surface area contributed by atoms with Crippen LogP contribution in [0.25, 0.3) is 0 Å². The van der Waals surface area contributed by atoms with Crippen LogP contribution in [-0.4, -0.2) is 30.5 Å². The van der Waals surface area contributed by atoms with Gasteiger partial charge in [-0.3, -0.25) is 0 Å². The Morgan fingerprint density at radius 1 is 1.32 bits per heavy atom. The fourth-order valence-electron chi connectivity index (χ4n) is 2.06. The molecule has 0 radical (unpaired) electrons. The largest absolute Gasteiger partial charge is 0.504 e. The first-order chi connectivity index (χ1) is 9.00. The molecule has 0 unspecified atom stereocenters. The van der Waals surface area contributed by atoms with E-state index in [2.05, 4.69) is 19.2 Å². The Bertz CT molecular complexity index is 391. The van der Waals surface area contributed by atoms with Gasteiger partial charge in [0.05, 0.1) is 7.11 Å². The molecule has 0 amide bonds. The predicted molar refractivity (Wildman–Crippen MR) is 76.5 cm³/mol. The van der Waals surface area contributed by atoms with Crippen LogP contribution in [0.1, 0.15) is 32.3 Å². The molecule has 4 nitrogen and oxygen atoms in total. The van der Waals surface area contributed by atoms with Gasteiger partial charge in [-0.15, -0.1) is 0 Å². The second-order valence-electron chi connectivity index (χ2n) is 5.56. The van der Waals surface area contributed by atoms with E-state index in [0.29, 0.717) is 12.3 Å². The van der Waals surface area contributed by atoms with Crippen molar-refractivity contribution >= 4 is 0 Å². The van der Waals surface area contributed by atoms with Crippen LogP contribution in [0.4, 0.5) is 0 Å². The zero-order valence-electron chi connectivity index (χ0n) is 12.1. The molecule has 0 saturated carbocycles. The Morgan fingerprint density at radius 2 is 2.05 bits per heavy atom. The third-order valence-electron chi connectivity index (χ3n) is 3.23. The first-order valence-corrected chi connectivity index (χ1v) is 6.66. The van der Waals surface area contributed by atoms with E-state index in [1.807, 2.05) is 12.1 Å². The van der Waals surface area contributed by atoms with E-state index in [0.717, 1.165) is 24.9 Å². The molecule has 0 heterocycles. The number of methoxy groups -OCH3 is 1. The molecule has 1 aromatic carbocycles. The van der Waals surface area contributed by atoms with Crippen LogP contribution < -0.4 is 10.1 Å². The quantitative estimate of drug-likeness (QED) is 0.676. The molecule has 4 heteroatoms. The average molecular weight is 267 g/mol. The summed E-state index contributed by atoms with van der Waals surface area (Å²) >= 11 is 0. The number of aromatic hydroxyl groups is 1. The van der Waals surface area contributed by atoms with E-state index < -0.39 is 0 Å².